The van der Waals surface area contributed by atoms with Crippen molar-refractivity contribution < 1.29 is 5.11 Å². The molecule has 2 heteroatoms. The third-order valence-corrected chi connectivity index (χ3v) is 0.787. The van der Waals surface area contributed by atoms with Crippen LogP contribution in [0.2, 0.25) is 0 Å². The van der Waals surface area contributed by atoms with Crippen molar-refractivity contribution >= 4 is 0 Å². The lowest BCUT2D eigenvalue weighted by atomic mass is 10.2. The van der Waals surface area contributed by atoms with Crippen LogP contribution in [-0.4, -0.2) is 11.7 Å². The second kappa shape index (κ2) is 4.35. The summed E-state index contributed by atoms with van der Waals surface area (Å²) < 4.78 is 0. The van der Waals surface area contributed by atoms with Crippen LogP contribution < -0.4 is 0 Å². The first kappa shape index (κ1) is 7.19. The zero-order valence-corrected chi connectivity index (χ0v) is 4.83. The van der Waals surface area contributed by atoms with Gasteiger partial charge in [0.15, 0.2) is 0 Å². The quantitative estimate of drug-likeness (QED) is 0.533. The third-order valence-electron chi connectivity index (χ3n) is 0.787. The molecule has 0 fully saturated rings. The first-order valence-corrected chi connectivity index (χ1v) is 2.48. The molecule has 0 aromatic rings. The molecule has 0 saturated carbocycles. The Morgan fingerprint density at radius 3 is 2.88 bits per heavy atom. The van der Waals surface area contributed by atoms with E-state index in [1.54, 1.807) is 6.08 Å². The highest BCUT2D eigenvalue weighted by Crippen LogP contribution is 1.92. The highest BCUT2D eigenvalue weighted by atomic mass is 16.3. The highest BCUT2D eigenvalue weighted by Gasteiger charge is 1.88. The van der Waals surface area contributed by atoms with Crippen LogP contribution in [0.3, 0.4) is 0 Å². The van der Waals surface area contributed by atoms with Crippen molar-refractivity contribution in [2.45, 2.75) is 6.92 Å². The van der Waals surface area contributed by atoms with Crippen LogP contribution in [0.4, 0.5) is 0 Å². The Balaban J connectivity index is 3.40. The van der Waals surface area contributed by atoms with E-state index in [-0.39, 0.29) is 12.5 Å². The van der Waals surface area contributed by atoms with Crippen LogP contribution in [-0.2, 0) is 0 Å². The fourth-order valence-corrected chi connectivity index (χ4v) is 0.268. The van der Waals surface area contributed by atoms with E-state index in [4.69, 9.17) is 10.4 Å². The highest BCUT2D eigenvalue weighted by molar-refractivity contribution is 5.03. The molecule has 0 saturated heterocycles. The summed E-state index contributed by atoms with van der Waals surface area (Å²) in [6, 6.07) is 1.84. The Morgan fingerprint density at radius 1 is 1.88 bits per heavy atom. The molecule has 1 atom stereocenters. The lowest BCUT2D eigenvalue weighted by Gasteiger charge is -1.94. The van der Waals surface area contributed by atoms with Gasteiger partial charge in [0.2, 0.25) is 0 Å². The van der Waals surface area contributed by atoms with E-state index in [0.717, 1.165) is 0 Å². The molecule has 0 aromatic carbocycles. The number of nitrogens with zero attached hydrogens (tertiary/aromatic N) is 1. The minimum absolute atomic E-state index is 0.106. The predicted molar refractivity (Wildman–Crippen MR) is 31.0 cm³/mol. The van der Waals surface area contributed by atoms with Crippen molar-refractivity contribution in [3.05, 3.63) is 12.2 Å². The van der Waals surface area contributed by atoms with E-state index in [2.05, 4.69) is 0 Å². The molecule has 0 unspecified atom stereocenters. The summed E-state index contributed by atoms with van der Waals surface area (Å²) in [4.78, 5) is 0. The van der Waals surface area contributed by atoms with Crippen molar-refractivity contribution in [3.8, 4) is 6.07 Å². The minimum Gasteiger partial charge on any atom is -0.396 e. The molecule has 0 heterocycles. The molecule has 2 nitrogen and oxygen atoms in total. The summed E-state index contributed by atoms with van der Waals surface area (Å²) in [5, 5.41) is 16.4. The van der Waals surface area contributed by atoms with Gasteiger partial charge in [-0.3, -0.25) is 0 Å². The summed E-state index contributed by atoms with van der Waals surface area (Å²) in [7, 11) is 0. The fraction of sp³-hybridized carbons (Fsp3) is 0.500. The van der Waals surface area contributed by atoms with Crippen molar-refractivity contribution in [2.24, 2.45) is 5.92 Å². The van der Waals surface area contributed by atoms with Gasteiger partial charge >= 0.3 is 0 Å². The average Bonchev–Trinajstić information content (AvgIpc) is 1.83. The van der Waals surface area contributed by atoms with Crippen molar-refractivity contribution in [1.29, 1.82) is 5.26 Å². The van der Waals surface area contributed by atoms with Crippen molar-refractivity contribution in [3.63, 3.8) is 0 Å². The topological polar surface area (TPSA) is 44.0 Å². The largest absolute Gasteiger partial charge is 0.396 e. The molecule has 0 bridgehead atoms. The molecule has 0 aliphatic rings. The van der Waals surface area contributed by atoms with Crippen molar-refractivity contribution in [1.82, 2.24) is 0 Å². The molecule has 0 amide bonds. The molecule has 8 heavy (non-hydrogen) atoms. The van der Waals surface area contributed by atoms with Gasteiger partial charge < -0.3 is 5.11 Å². The van der Waals surface area contributed by atoms with Gasteiger partial charge in [-0.1, -0.05) is 13.0 Å². The number of hydrogen-bond donors (Lipinski definition) is 1. The monoisotopic (exact) mass is 111 g/mol. The van der Waals surface area contributed by atoms with Crippen LogP contribution in [0.25, 0.3) is 0 Å². The smallest absolute Gasteiger partial charge is 0.0908 e. The lowest BCUT2D eigenvalue weighted by Crippen LogP contribution is -1.94. The number of rotatable bonds is 2. The number of hydrogen-bond acceptors (Lipinski definition) is 2. The predicted octanol–water partition coefficient (Wildman–Crippen LogP) is 0.695. The third kappa shape index (κ3) is 3.38. The average molecular weight is 111 g/mol. The van der Waals surface area contributed by atoms with Gasteiger partial charge in [-0.2, -0.15) is 5.26 Å². The van der Waals surface area contributed by atoms with Crippen LogP contribution in [0.5, 0.6) is 0 Å². The molecule has 1 N–H and O–H groups in total. The van der Waals surface area contributed by atoms with E-state index in [1.165, 1.54) is 6.08 Å². The van der Waals surface area contributed by atoms with Crippen molar-refractivity contribution in [2.75, 3.05) is 6.61 Å². The van der Waals surface area contributed by atoms with E-state index in [9.17, 15) is 0 Å². The van der Waals surface area contributed by atoms with Gasteiger partial charge in [0.1, 0.15) is 0 Å². The molecule has 0 radical (unpaired) electrons. The summed E-state index contributed by atoms with van der Waals surface area (Å²) in [5.74, 6) is 0.106. The SMILES string of the molecule is C[C@H](/C=C/C#N)CO. The molecule has 44 valence electrons. The van der Waals surface area contributed by atoms with Gasteiger partial charge in [0.25, 0.3) is 0 Å². The van der Waals surface area contributed by atoms with E-state index in [0.29, 0.717) is 0 Å². The lowest BCUT2D eigenvalue weighted by molar-refractivity contribution is 0.262. The Labute approximate surface area is 49.1 Å². The van der Waals surface area contributed by atoms with Crippen LogP contribution in [0, 0.1) is 17.2 Å². The summed E-state index contributed by atoms with van der Waals surface area (Å²) in [6.45, 7) is 1.95. The first-order chi connectivity index (χ1) is 3.81. The zero-order valence-electron chi connectivity index (χ0n) is 4.83. The molecule has 0 aliphatic carbocycles. The van der Waals surface area contributed by atoms with Crippen LogP contribution in [0.1, 0.15) is 6.92 Å². The molecule has 0 rings (SSSR count). The molecular formula is C6H9NO. The number of aliphatic hydroxyl groups excluding tert-OH is 1. The van der Waals surface area contributed by atoms with Gasteiger partial charge in [-0.05, 0) is 5.92 Å². The molecule has 0 spiro atoms. The Kier molecular flexibility index (Phi) is 3.91. The second-order valence-electron chi connectivity index (χ2n) is 1.65. The van der Waals surface area contributed by atoms with Gasteiger partial charge in [0, 0.05) is 12.7 Å². The maximum Gasteiger partial charge on any atom is 0.0908 e. The summed E-state index contributed by atoms with van der Waals surface area (Å²) in [6.07, 6.45) is 3.04. The number of aliphatic hydroxyl groups is 1. The molecule has 0 aromatic heterocycles. The Bertz CT molecular complexity index is 112. The fourth-order valence-electron chi connectivity index (χ4n) is 0.268. The number of allylic oxidation sites excluding steroid dienone is 1. The maximum absolute atomic E-state index is 8.40. The van der Waals surface area contributed by atoms with Gasteiger partial charge in [0.05, 0.1) is 6.07 Å². The zero-order chi connectivity index (χ0) is 6.41. The summed E-state index contributed by atoms with van der Waals surface area (Å²) >= 11 is 0. The second-order valence-corrected chi connectivity index (χ2v) is 1.65. The molecular weight excluding hydrogens is 102 g/mol. The Hall–Kier alpha value is -0.810. The van der Waals surface area contributed by atoms with Crippen LogP contribution in [0.15, 0.2) is 12.2 Å². The standard InChI is InChI=1S/C6H9NO/c1-6(5-8)3-2-4-7/h2-3,6,8H,5H2,1H3/b3-2+/t6-/m1/s1. The van der Waals surface area contributed by atoms with Crippen LogP contribution >= 0.6 is 0 Å². The minimum atomic E-state index is 0.106. The normalized spacial score (nSPS) is 13.6. The number of nitriles is 1. The van der Waals surface area contributed by atoms with Gasteiger partial charge in [-0.15, -0.1) is 0 Å². The van der Waals surface area contributed by atoms with E-state index >= 15 is 0 Å². The Morgan fingerprint density at radius 2 is 2.50 bits per heavy atom. The maximum atomic E-state index is 8.40. The van der Waals surface area contributed by atoms with E-state index < -0.39 is 0 Å². The molecule has 0 aliphatic heterocycles. The summed E-state index contributed by atoms with van der Waals surface area (Å²) in [5.41, 5.74) is 0. The van der Waals surface area contributed by atoms with E-state index in [1.807, 2.05) is 13.0 Å². The van der Waals surface area contributed by atoms with Gasteiger partial charge in [-0.25, -0.2) is 0 Å². The first-order valence-electron chi connectivity index (χ1n) is 2.48.